The largest absolute Gasteiger partial charge is 0.309 e. The maximum absolute atomic E-state index is 4.63. The van der Waals surface area contributed by atoms with Crippen LogP contribution < -0.4 is 5.32 Å². The Balaban J connectivity index is 2.22. The zero-order valence-corrected chi connectivity index (χ0v) is 13.2. The highest BCUT2D eigenvalue weighted by molar-refractivity contribution is 9.10. The predicted molar refractivity (Wildman–Crippen MR) is 82.6 cm³/mol. The molecule has 0 saturated heterocycles. The molecule has 0 spiro atoms. The minimum atomic E-state index is 0.476. The number of aryl methyl sites for hydroxylation is 1. The highest BCUT2D eigenvalue weighted by Gasteiger charge is 2.06. The van der Waals surface area contributed by atoms with Crippen LogP contribution in [0.2, 0.25) is 0 Å². The van der Waals surface area contributed by atoms with Crippen LogP contribution in [-0.4, -0.2) is 15.8 Å². The number of halogens is 1. The maximum Gasteiger partial charge on any atom is 0.0766 e. The average molecular weight is 322 g/mol. The quantitative estimate of drug-likeness (QED) is 0.910. The average Bonchev–Trinajstić information content (AvgIpc) is 2.84. The van der Waals surface area contributed by atoms with Crippen molar-refractivity contribution in [2.24, 2.45) is 0 Å². The highest BCUT2D eigenvalue weighted by atomic mass is 79.9. The van der Waals surface area contributed by atoms with Gasteiger partial charge in [-0.3, -0.25) is 0 Å². The lowest BCUT2D eigenvalue weighted by molar-refractivity contribution is 0.578. The van der Waals surface area contributed by atoms with Gasteiger partial charge in [0.2, 0.25) is 0 Å². The number of aromatic nitrogens is 2. The van der Waals surface area contributed by atoms with Gasteiger partial charge in [0.1, 0.15) is 0 Å². The van der Waals surface area contributed by atoms with Gasteiger partial charge in [-0.05, 0) is 36.2 Å². The molecule has 0 amide bonds. The van der Waals surface area contributed by atoms with E-state index >= 15 is 0 Å². The lowest BCUT2D eigenvalue weighted by Gasteiger charge is -2.09. The first-order valence-electron chi connectivity index (χ1n) is 6.67. The third-order valence-corrected chi connectivity index (χ3v) is 3.50. The molecule has 4 heteroatoms. The van der Waals surface area contributed by atoms with Gasteiger partial charge in [-0.2, -0.15) is 5.10 Å². The predicted octanol–water partition coefficient (Wildman–Crippen LogP) is 3.70. The molecule has 0 aliphatic rings. The SMILES string of the molecule is CCc1cc(Br)ccc1-n1ccc(CNC(C)C)n1. The number of hydrogen-bond donors (Lipinski definition) is 1. The van der Waals surface area contributed by atoms with E-state index in [0.717, 1.165) is 28.8 Å². The number of hydrogen-bond acceptors (Lipinski definition) is 2. The van der Waals surface area contributed by atoms with Crippen LogP contribution in [0.25, 0.3) is 5.69 Å². The van der Waals surface area contributed by atoms with Gasteiger partial charge in [-0.1, -0.05) is 36.7 Å². The van der Waals surface area contributed by atoms with Crippen LogP contribution in [0.4, 0.5) is 0 Å². The molecule has 1 aromatic carbocycles. The van der Waals surface area contributed by atoms with E-state index in [-0.39, 0.29) is 0 Å². The van der Waals surface area contributed by atoms with Crippen LogP contribution in [0.15, 0.2) is 34.9 Å². The van der Waals surface area contributed by atoms with Crippen molar-refractivity contribution >= 4 is 15.9 Å². The van der Waals surface area contributed by atoms with Crippen LogP contribution in [0.1, 0.15) is 32.0 Å². The Labute approximate surface area is 123 Å². The molecule has 0 saturated carbocycles. The van der Waals surface area contributed by atoms with Crippen LogP contribution in [0.5, 0.6) is 0 Å². The van der Waals surface area contributed by atoms with E-state index < -0.39 is 0 Å². The Morgan fingerprint density at radius 3 is 2.79 bits per heavy atom. The number of nitrogens with one attached hydrogen (secondary N) is 1. The topological polar surface area (TPSA) is 29.9 Å². The molecule has 1 aromatic heterocycles. The lowest BCUT2D eigenvalue weighted by atomic mass is 10.1. The normalized spacial score (nSPS) is 11.2. The van der Waals surface area contributed by atoms with E-state index in [1.165, 1.54) is 5.56 Å². The van der Waals surface area contributed by atoms with E-state index in [4.69, 9.17) is 0 Å². The smallest absolute Gasteiger partial charge is 0.0766 e. The van der Waals surface area contributed by atoms with Gasteiger partial charge in [-0.25, -0.2) is 4.68 Å². The molecular weight excluding hydrogens is 302 g/mol. The van der Waals surface area contributed by atoms with E-state index in [1.54, 1.807) is 0 Å². The molecule has 19 heavy (non-hydrogen) atoms. The lowest BCUT2D eigenvalue weighted by Crippen LogP contribution is -2.22. The fraction of sp³-hybridized carbons (Fsp3) is 0.400. The Morgan fingerprint density at radius 1 is 1.32 bits per heavy atom. The van der Waals surface area contributed by atoms with Crippen molar-refractivity contribution in [1.82, 2.24) is 15.1 Å². The molecular formula is C15H20BrN3. The summed E-state index contributed by atoms with van der Waals surface area (Å²) in [7, 11) is 0. The first kappa shape index (κ1) is 14.3. The number of nitrogens with zero attached hydrogens (tertiary/aromatic N) is 2. The van der Waals surface area contributed by atoms with Gasteiger partial charge in [0, 0.05) is 23.3 Å². The molecule has 3 nitrogen and oxygen atoms in total. The van der Waals surface area contributed by atoms with Crippen molar-refractivity contribution in [2.75, 3.05) is 0 Å². The first-order chi connectivity index (χ1) is 9.10. The van der Waals surface area contributed by atoms with Crippen molar-refractivity contribution in [3.63, 3.8) is 0 Å². The fourth-order valence-corrected chi connectivity index (χ4v) is 2.37. The van der Waals surface area contributed by atoms with Crippen molar-refractivity contribution in [3.8, 4) is 5.69 Å². The van der Waals surface area contributed by atoms with Gasteiger partial charge in [0.15, 0.2) is 0 Å². The Kier molecular flexibility index (Phi) is 4.77. The van der Waals surface area contributed by atoms with Crippen molar-refractivity contribution in [2.45, 2.75) is 39.8 Å². The van der Waals surface area contributed by atoms with Gasteiger partial charge < -0.3 is 5.32 Å². The zero-order valence-electron chi connectivity index (χ0n) is 11.7. The standard InChI is InChI=1S/C15H20BrN3/c1-4-12-9-13(16)5-6-15(12)19-8-7-14(18-19)10-17-11(2)3/h5-9,11,17H,4,10H2,1-3H3. The van der Waals surface area contributed by atoms with E-state index in [0.29, 0.717) is 6.04 Å². The van der Waals surface area contributed by atoms with Crippen LogP contribution >= 0.6 is 15.9 Å². The van der Waals surface area contributed by atoms with Crippen molar-refractivity contribution < 1.29 is 0 Å². The summed E-state index contributed by atoms with van der Waals surface area (Å²) >= 11 is 3.52. The highest BCUT2D eigenvalue weighted by Crippen LogP contribution is 2.20. The fourth-order valence-electron chi connectivity index (χ4n) is 1.96. The van der Waals surface area contributed by atoms with Gasteiger partial charge in [-0.15, -0.1) is 0 Å². The van der Waals surface area contributed by atoms with Crippen molar-refractivity contribution in [3.05, 3.63) is 46.2 Å². The molecule has 1 N–H and O–H groups in total. The van der Waals surface area contributed by atoms with Crippen LogP contribution in [0, 0.1) is 0 Å². The monoisotopic (exact) mass is 321 g/mol. The zero-order chi connectivity index (χ0) is 13.8. The molecule has 2 rings (SSSR count). The van der Waals surface area contributed by atoms with Gasteiger partial charge in [0.25, 0.3) is 0 Å². The molecule has 2 aromatic rings. The summed E-state index contributed by atoms with van der Waals surface area (Å²) in [5.41, 5.74) is 3.51. The van der Waals surface area contributed by atoms with E-state index in [9.17, 15) is 0 Å². The molecule has 0 fully saturated rings. The molecule has 0 unspecified atom stereocenters. The molecule has 0 aliphatic carbocycles. The summed E-state index contributed by atoms with van der Waals surface area (Å²) in [5.74, 6) is 0. The summed E-state index contributed by atoms with van der Waals surface area (Å²) in [6.07, 6.45) is 3.02. The van der Waals surface area contributed by atoms with Gasteiger partial charge in [0.05, 0.1) is 11.4 Å². The Bertz CT molecular complexity index is 546. The van der Waals surface area contributed by atoms with Crippen LogP contribution in [-0.2, 0) is 13.0 Å². The molecule has 1 heterocycles. The molecule has 102 valence electrons. The third kappa shape index (κ3) is 3.67. The minimum Gasteiger partial charge on any atom is -0.309 e. The van der Waals surface area contributed by atoms with E-state index in [1.807, 2.05) is 10.9 Å². The van der Waals surface area contributed by atoms with Crippen LogP contribution in [0.3, 0.4) is 0 Å². The second kappa shape index (κ2) is 6.35. The number of benzene rings is 1. The minimum absolute atomic E-state index is 0.476. The summed E-state index contributed by atoms with van der Waals surface area (Å²) in [6.45, 7) is 7.25. The van der Waals surface area contributed by atoms with Gasteiger partial charge >= 0.3 is 0 Å². The summed E-state index contributed by atoms with van der Waals surface area (Å²) in [5, 5.41) is 8.01. The molecule has 0 radical (unpaired) electrons. The molecule has 0 bridgehead atoms. The van der Waals surface area contributed by atoms with Crippen molar-refractivity contribution in [1.29, 1.82) is 0 Å². The summed E-state index contributed by atoms with van der Waals surface area (Å²) in [6, 6.07) is 8.86. The summed E-state index contributed by atoms with van der Waals surface area (Å²) < 4.78 is 3.07. The second-order valence-electron chi connectivity index (χ2n) is 4.91. The summed E-state index contributed by atoms with van der Waals surface area (Å²) in [4.78, 5) is 0. The first-order valence-corrected chi connectivity index (χ1v) is 7.46. The molecule has 0 aliphatic heterocycles. The Morgan fingerprint density at radius 2 is 2.11 bits per heavy atom. The van der Waals surface area contributed by atoms with E-state index in [2.05, 4.69) is 71.4 Å². The third-order valence-electron chi connectivity index (χ3n) is 3.00. The Hall–Kier alpha value is -1.13. The number of rotatable bonds is 5. The second-order valence-corrected chi connectivity index (χ2v) is 5.83. The molecule has 0 atom stereocenters. The maximum atomic E-state index is 4.63.